The second-order valence-corrected chi connectivity index (χ2v) is 5.56. The molecule has 0 spiro atoms. The van der Waals surface area contributed by atoms with Gasteiger partial charge in [0.1, 0.15) is 5.76 Å². The van der Waals surface area contributed by atoms with Crippen LogP contribution >= 0.6 is 0 Å². The lowest BCUT2D eigenvalue weighted by Crippen LogP contribution is -2.48. The van der Waals surface area contributed by atoms with Gasteiger partial charge in [-0.3, -0.25) is 9.69 Å². The summed E-state index contributed by atoms with van der Waals surface area (Å²) in [5.41, 5.74) is 2.17. The van der Waals surface area contributed by atoms with E-state index in [9.17, 15) is 4.79 Å². The molecule has 0 aromatic carbocycles. The molecule has 0 N–H and O–H groups in total. The number of piperazine rings is 1. The Morgan fingerprint density at radius 2 is 1.95 bits per heavy atom. The summed E-state index contributed by atoms with van der Waals surface area (Å²) in [5, 5.41) is 3.99. The van der Waals surface area contributed by atoms with Crippen molar-refractivity contribution in [2.24, 2.45) is 0 Å². The van der Waals surface area contributed by atoms with Crippen LogP contribution < -0.4 is 0 Å². The van der Waals surface area contributed by atoms with Crippen LogP contribution in [0.15, 0.2) is 4.52 Å². The average molecular weight is 279 g/mol. The zero-order valence-corrected chi connectivity index (χ0v) is 12.8. The minimum Gasteiger partial charge on any atom is -0.361 e. The van der Waals surface area contributed by atoms with Crippen LogP contribution in [0.5, 0.6) is 0 Å². The van der Waals surface area contributed by atoms with Crippen molar-refractivity contribution in [1.82, 2.24) is 15.0 Å². The molecule has 2 rings (SSSR count). The molecule has 1 aromatic rings. The lowest BCUT2D eigenvalue weighted by molar-refractivity contribution is -0.133. The third-order valence-corrected chi connectivity index (χ3v) is 4.03. The molecule has 0 radical (unpaired) electrons. The summed E-state index contributed by atoms with van der Waals surface area (Å²) in [7, 11) is 0. The molecule has 5 nitrogen and oxygen atoms in total. The van der Waals surface area contributed by atoms with Gasteiger partial charge in [0.2, 0.25) is 5.91 Å². The topological polar surface area (TPSA) is 49.6 Å². The molecule has 1 saturated heterocycles. The molecular weight excluding hydrogens is 254 g/mol. The lowest BCUT2D eigenvalue weighted by atomic mass is 10.1. The average Bonchev–Trinajstić information content (AvgIpc) is 2.77. The summed E-state index contributed by atoms with van der Waals surface area (Å²) < 4.78 is 5.20. The Morgan fingerprint density at radius 3 is 2.50 bits per heavy atom. The van der Waals surface area contributed by atoms with Gasteiger partial charge in [-0.1, -0.05) is 18.5 Å². The standard InChI is InChI=1S/C15H25N3O2/c1-4-5-6-15(19)18-9-7-17(8-10-18)11-14-12(2)16-20-13(14)3/h4-11H2,1-3H3. The normalized spacial score (nSPS) is 16.6. The fraction of sp³-hybridized carbons (Fsp3) is 0.733. The molecule has 112 valence electrons. The molecule has 1 amide bonds. The van der Waals surface area contributed by atoms with Crippen LogP contribution in [0.1, 0.15) is 43.2 Å². The van der Waals surface area contributed by atoms with E-state index in [1.54, 1.807) is 0 Å². The number of rotatable bonds is 5. The highest BCUT2D eigenvalue weighted by Crippen LogP contribution is 2.16. The van der Waals surface area contributed by atoms with Crippen molar-refractivity contribution in [1.29, 1.82) is 0 Å². The largest absolute Gasteiger partial charge is 0.361 e. The van der Waals surface area contributed by atoms with Crippen molar-refractivity contribution in [3.8, 4) is 0 Å². The monoisotopic (exact) mass is 279 g/mol. The zero-order valence-electron chi connectivity index (χ0n) is 12.8. The Kier molecular flexibility index (Phi) is 5.17. The van der Waals surface area contributed by atoms with Gasteiger partial charge in [0.25, 0.3) is 0 Å². The van der Waals surface area contributed by atoms with E-state index >= 15 is 0 Å². The molecule has 1 aliphatic rings. The first kappa shape index (κ1) is 15.0. The number of hydrogen-bond acceptors (Lipinski definition) is 4. The molecule has 1 aromatic heterocycles. The Labute approximate surface area is 120 Å². The van der Waals surface area contributed by atoms with Gasteiger partial charge < -0.3 is 9.42 Å². The van der Waals surface area contributed by atoms with E-state index in [-0.39, 0.29) is 0 Å². The summed E-state index contributed by atoms with van der Waals surface area (Å²) in [6.45, 7) is 10.5. The number of nitrogens with zero attached hydrogens (tertiary/aromatic N) is 3. The van der Waals surface area contributed by atoms with E-state index in [0.29, 0.717) is 12.3 Å². The van der Waals surface area contributed by atoms with Crippen LogP contribution in [0.3, 0.4) is 0 Å². The Hall–Kier alpha value is -1.36. The number of aryl methyl sites for hydroxylation is 2. The maximum absolute atomic E-state index is 12.0. The summed E-state index contributed by atoms with van der Waals surface area (Å²) in [5.74, 6) is 1.22. The predicted molar refractivity (Wildman–Crippen MR) is 77.4 cm³/mol. The van der Waals surface area contributed by atoms with E-state index in [1.807, 2.05) is 18.7 Å². The highest BCUT2D eigenvalue weighted by Gasteiger charge is 2.22. The van der Waals surface area contributed by atoms with Gasteiger partial charge in [-0.15, -0.1) is 0 Å². The molecule has 0 atom stereocenters. The maximum Gasteiger partial charge on any atom is 0.222 e. The van der Waals surface area contributed by atoms with E-state index in [0.717, 1.165) is 57.0 Å². The zero-order chi connectivity index (χ0) is 14.5. The van der Waals surface area contributed by atoms with Crippen molar-refractivity contribution in [3.05, 3.63) is 17.0 Å². The second kappa shape index (κ2) is 6.88. The van der Waals surface area contributed by atoms with Crippen molar-refractivity contribution in [2.45, 2.75) is 46.6 Å². The van der Waals surface area contributed by atoms with Gasteiger partial charge in [-0.25, -0.2) is 0 Å². The van der Waals surface area contributed by atoms with E-state index in [2.05, 4.69) is 17.0 Å². The maximum atomic E-state index is 12.0. The molecule has 2 heterocycles. The summed E-state index contributed by atoms with van der Waals surface area (Å²) in [6, 6.07) is 0. The summed E-state index contributed by atoms with van der Waals surface area (Å²) in [6.07, 6.45) is 2.77. The van der Waals surface area contributed by atoms with Crippen LogP contribution in [-0.4, -0.2) is 47.0 Å². The molecule has 0 unspecified atom stereocenters. The number of hydrogen-bond donors (Lipinski definition) is 0. The van der Waals surface area contributed by atoms with Gasteiger partial charge in [0, 0.05) is 44.7 Å². The fourth-order valence-corrected chi connectivity index (χ4v) is 2.59. The van der Waals surface area contributed by atoms with Crippen molar-refractivity contribution < 1.29 is 9.32 Å². The third-order valence-electron chi connectivity index (χ3n) is 4.03. The Balaban J connectivity index is 1.81. The molecule has 1 fully saturated rings. The summed E-state index contributed by atoms with van der Waals surface area (Å²) >= 11 is 0. The van der Waals surface area contributed by atoms with Gasteiger partial charge in [0.05, 0.1) is 5.69 Å². The number of carbonyl (C=O) groups excluding carboxylic acids is 1. The minimum atomic E-state index is 0.309. The molecule has 0 aliphatic carbocycles. The van der Waals surface area contributed by atoms with Crippen LogP contribution in [0.2, 0.25) is 0 Å². The first-order chi connectivity index (χ1) is 9.61. The highest BCUT2D eigenvalue weighted by atomic mass is 16.5. The molecular formula is C15H25N3O2. The quantitative estimate of drug-likeness (QED) is 0.828. The lowest BCUT2D eigenvalue weighted by Gasteiger charge is -2.34. The predicted octanol–water partition coefficient (Wildman–Crippen LogP) is 2.13. The molecule has 0 bridgehead atoms. The number of aromatic nitrogens is 1. The SMILES string of the molecule is CCCCC(=O)N1CCN(Cc2c(C)noc2C)CC1. The summed E-state index contributed by atoms with van der Waals surface area (Å²) in [4.78, 5) is 16.3. The number of amides is 1. The first-order valence-electron chi connectivity index (χ1n) is 7.53. The van der Waals surface area contributed by atoms with Crippen LogP contribution in [0.4, 0.5) is 0 Å². The van der Waals surface area contributed by atoms with E-state index < -0.39 is 0 Å². The molecule has 1 aliphatic heterocycles. The van der Waals surface area contributed by atoms with Crippen LogP contribution in [0, 0.1) is 13.8 Å². The Morgan fingerprint density at radius 1 is 1.25 bits per heavy atom. The first-order valence-corrected chi connectivity index (χ1v) is 7.53. The Bertz CT molecular complexity index is 428. The van der Waals surface area contributed by atoms with Gasteiger partial charge >= 0.3 is 0 Å². The number of carbonyl (C=O) groups is 1. The van der Waals surface area contributed by atoms with Crippen molar-refractivity contribution >= 4 is 5.91 Å². The van der Waals surface area contributed by atoms with E-state index in [4.69, 9.17) is 4.52 Å². The van der Waals surface area contributed by atoms with Gasteiger partial charge in [-0.2, -0.15) is 0 Å². The fourth-order valence-electron chi connectivity index (χ4n) is 2.59. The molecule has 0 saturated carbocycles. The van der Waals surface area contributed by atoms with E-state index in [1.165, 1.54) is 5.56 Å². The van der Waals surface area contributed by atoms with Crippen LogP contribution in [-0.2, 0) is 11.3 Å². The number of unbranched alkanes of at least 4 members (excludes halogenated alkanes) is 1. The molecule has 20 heavy (non-hydrogen) atoms. The van der Waals surface area contributed by atoms with Crippen LogP contribution in [0.25, 0.3) is 0 Å². The smallest absolute Gasteiger partial charge is 0.222 e. The minimum absolute atomic E-state index is 0.309. The highest BCUT2D eigenvalue weighted by molar-refractivity contribution is 5.76. The van der Waals surface area contributed by atoms with Gasteiger partial charge in [-0.05, 0) is 20.3 Å². The van der Waals surface area contributed by atoms with Crippen molar-refractivity contribution in [2.75, 3.05) is 26.2 Å². The van der Waals surface area contributed by atoms with Crippen molar-refractivity contribution in [3.63, 3.8) is 0 Å². The third kappa shape index (κ3) is 3.60. The molecule has 5 heteroatoms. The van der Waals surface area contributed by atoms with Gasteiger partial charge in [0.15, 0.2) is 0 Å². The second-order valence-electron chi connectivity index (χ2n) is 5.56.